The molecule has 0 saturated carbocycles. The van der Waals surface area contributed by atoms with Crippen LogP contribution in [0.25, 0.3) is 0 Å². The molecule has 2 atom stereocenters. The van der Waals surface area contributed by atoms with Gasteiger partial charge in [0.2, 0.25) is 0 Å². The normalized spacial score (nSPS) is 38.1. The predicted octanol–water partition coefficient (Wildman–Crippen LogP) is 0.859. The third kappa shape index (κ3) is 1.63. The van der Waals surface area contributed by atoms with Crippen LogP contribution in [0.15, 0.2) is 0 Å². The average molecular weight is 265 g/mol. The smallest absolute Gasteiger partial charge is 0.301 e. The summed E-state index contributed by atoms with van der Waals surface area (Å²) in [6, 6.07) is 0. The Morgan fingerprint density at radius 2 is 2.21 bits per heavy atom. The van der Waals surface area contributed by atoms with Crippen molar-refractivity contribution < 1.29 is 26.6 Å². The van der Waals surface area contributed by atoms with Gasteiger partial charge in [0.1, 0.15) is 0 Å². The van der Waals surface area contributed by atoms with E-state index < -0.39 is 25.0 Å². The zero-order valence-corrected chi connectivity index (χ0v) is 9.94. The molecule has 2 unspecified atom stereocenters. The van der Waals surface area contributed by atoms with Gasteiger partial charge in [0.15, 0.2) is 0 Å². The van der Waals surface area contributed by atoms with E-state index in [0.717, 1.165) is 6.42 Å². The van der Waals surface area contributed by atoms with Gasteiger partial charge in [-0.15, -0.1) is 4.49 Å². The van der Waals surface area contributed by atoms with E-state index in [9.17, 15) is 17.5 Å². The van der Waals surface area contributed by atoms with Crippen molar-refractivity contribution >= 4 is 25.0 Å². The van der Waals surface area contributed by atoms with Crippen molar-refractivity contribution in [1.29, 1.82) is 0 Å². The maximum Gasteiger partial charge on any atom is 0.419 e. The highest BCUT2D eigenvalue weighted by molar-refractivity contribution is 9.07. The Morgan fingerprint density at radius 1 is 1.64 bits per heavy atom. The van der Waals surface area contributed by atoms with E-state index in [1.54, 1.807) is 4.49 Å². The standard InChI is InChI=1S/C4H12NO6PS2/c1-2-3-4-11-12(6)5-14(12,9,10)13(7)8/h2-4H2,1H3,(H,7,8)(H2,5,6,9,10). The molecule has 1 rings (SSSR count). The monoisotopic (exact) mass is 265 g/mol. The van der Waals surface area contributed by atoms with Gasteiger partial charge in [-0.2, -0.15) is 4.21 Å². The van der Waals surface area contributed by atoms with Crippen LogP contribution in [0, 0.1) is 0 Å². The molecule has 0 aromatic carbocycles. The minimum atomic E-state index is -5.14. The van der Waals surface area contributed by atoms with Crippen molar-refractivity contribution in [2.24, 2.45) is 0 Å². The summed E-state index contributed by atoms with van der Waals surface area (Å²) in [6.45, 7) is -2.15. The van der Waals surface area contributed by atoms with Crippen LogP contribution < -0.4 is 4.49 Å². The van der Waals surface area contributed by atoms with Gasteiger partial charge in [0.05, 0.1) is 6.61 Å². The quantitative estimate of drug-likeness (QED) is 0.223. The Bertz CT molecular complexity index is 382. The van der Waals surface area contributed by atoms with Crippen molar-refractivity contribution in [3.05, 3.63) is 0 Å². The van der Waals surface area contributed by atoms with Gasteiger partial charge in [0, 0.05) is 8.18 Å². The summed E-state index contributed by atoms with van der Waals surface area (Å²) in [5.74, 6) is 0. The molecule has 86 valence electrons. The van der Waals surface area contributed by atoms with Crippen LogP contribution >= 0.6 is 6.72 Å². The zero-order valence-electron chi connectivity index (χ0n) is 7.41. The van der Waals surface area contributed by atoms with Gasteiger partial charge in [-0.25, -0.2) is 8.77 Å². The number of unbranched alkanes of at least 4 members (excludes halogenated alkanes) is 1. The Kier molecular flexibility index (Phi) is 3.06. The van der Waals surface area contributed by atoms with Crippen LogP contribution in [0.2, 0.25) is 0 Å². The van der Waals surface area contributed by atoms with E-state index >= 15 is 0 Å². The van der Waals surface area contributed by atoms with E-state index in [4.69, 9.17) is 4.55 Å². The van der Waals surface area contributed by atoms with Crippen LogP contribution in [-0.4, -0.2) is 24.1 Å². The average Bonchev–Trinajstić information content (AvgIpc) is 2.50. The van der Waals surface area contributed by atoms with Crippen LogP contribution in [0.3, 0.4) is 0 Å². The van der Waals surface area contributed by atoms with E-state index in [0.29, 0.717) is 6.42 Å². The van der Waals surface area contributed by atoms with Gasteiger partial charge in [-0.3, -0.25) is 9.11 Å². The summed E-state index contributed by atoms with van der Waals surface area (Å²) >= 11 is 0. The van der Waals surface area contributed by atoms with Crippen LogP contribution in [-0.2, 0) is 27.4 Å². The Morgan fingerprint density at radius 3 is 2.57 bits per heavy atom. The molecule has 0 amide bonds. The highest BCUT2D eigenvalue weighted by atomic mass is 33.4. The fourth-order valence-electron chi connectivity index (χ4n) is 0.739. The molecule has 1 aliphatic rings. The lowest BCUT2D eigenvalue weighted by Gasteiger charge is -2.13. The number of hydrogen-bond donors (Lipinski definition) is 3. The third-order valence-corrected chi connectivity index (χ3v) is 13.4. The van der Waals surface area contributed by atoms with Crippen molar-refractivity contribution in [3.8, 4) is 0 Å². The summed E-state index contributed by atoms with van der Waals surface area (Å²) in [7, 11) is -8.25. The second-order valence-corrected chi connectivity index (χ2v) is 13.7. The van der Waals surface area contributed by atoms with Gasteiger partial charge < -0.3 is 4.52 Å². The maximum absolute atomic E-state index is 11.4. The Balaban J connectivity index is 2.71. The second-order valence-electron chi connectivity index (χ2n) is 2.79. The van der Waals surface area contributed by atoms with E-state index in [-0.39, 0.29) is 6.61 Å². The molecular formula is C4H12NO6PS2. The van der Waals surface area contributed by atoms with Crippen molar-refractivity contribution in [1.82, 2.24) is 4.49 Å². The van der Waals surface area contributed by atoms with Gasteiger partial charge in [0.25, 0.3) is 10.1 Å². The van der Waals surface area contributed by atoms with Crippen LogP contribution in [0.5, 0.6) is 0 Å². The first-order valence-electron chi connectivity index (χ1n) is 3.84. The summed E-state index contributed by atoms with van der Waals surface area (Å²) < 4.78 is 57.3. The number of hydrogen-bond acceptors (Lipinski definition) is 4. The summed E-state index contributed by atoms with van der Waals surface area (Å²) in [6.07, 6.45) is 1.33. The fraction of sp³-hybridized carbons (Fsp3) is 1.00. The first-order chi connectivity index (χ1) is 6.26. The summed E-state index contributed by atoms with van der Waals surface area (Å²) in [5, 5.41) is 0. The molecule has 1 heterocycles. The molecule has 14 heavy (non-hydrogen) atoms. The molecule has 0 aliphatic carbocycles. The lowest BCUT2D eigenvalue weighted by molar-refractivity contribution is 0.319. The minimum Gasteiger partial charge on any atom is -0.301 e. The first-order valence-corrected chi connectivity index (χ1v) is 9.61. The highest BCUT2D eigenvalue weighted by Gasteiger charge is 2.73. The third-order valence-electron chi connectivity index (χ3n) is 1.68. The largest absolute Gasteiger partial charge is 0.419 e. The molecule has 1 aliphatic heterocycles. The fourth-order valence-corrected chi connectivity index (χ4v) is 9.90. The molecule has 7 nitrogen and oxygen atoms in total. The van der Waals surface area contributed by atoms with Crippen molar-refractivity contribution in [3.63, 3.8) is 0 Å². The molecule has 0 spiro atoms. The SMILES string of the molecule is CCCCOP1(=O)NS1(=O)(O)S(=O)O. The topological polar surface area (TPSA) is 123 Å². The van der Waals surface area contributed by atoms with E-state index in [1.807, 2.05) is 6.92 Å². The minimum absolute atomic E-state index is 0.0209. The second kappa shape index (κ2) is 3.44. The first kappa shape index (κ1) is 12.4. The summed E-state index contributed by atoms with van der Waals surface area (Å²) in [4.78, 5) is 0. The number of rotatable bonds is 5. The molecule has 0 bridgehead atoms. The Labute approximate surface area is 82.9 Å². The van der Waals surface area contributed by atoms with Crippen molar-refractivity contribution in [2.45, 2.75) is 19.8 Å². The van der Waals surface area contributed by atoms with Crippen molar-refractivity contribution in [2.75, 3.05) is 6.61 Å². The number of nitrogens with one attached hydrogen (secondary N) is 1. The molecule has 1 fully saturated rings. The molecule has 0 aromatic heterocycles. The molecule has 0 radical (unpaired) electrons. The predicted molar refractivity (Wildman–Crippen MR) is 53.1 cm³/mol. The molecule has 0 aromatic rings. The molecule has 3 N–H and O–H groups in total. The van der Waals surface area contributed by atoms with Gasteiger partial charge in [-0.1, -0.05) is 13.3 Å². The van der Waals surface area contributed by atoms with Gasteiger partial charge in [-0.05, 0) is 6.42 Å². The zero-order chi connectivity index (χ0) is 11.1. The maximum atomic E-state index is 11.4. The van der Waals surface area contributed by atoms with Crippen LogP contribution in [0.4, 0.5) is 0 Å². The lowest BCUT2D eigenvalue weighted by atomic mass is 10.4. The molecule has 1 saturated heterocycles. The van der Waals surface area contributed by atoms with E-state index in [2.05, 4.69) is 4.52 Å². The van der Waals surface area contributed by atoms with Gasteiger partial charge >= 0.3 is 6.72 Å². The van der Waals surface area contributed by atoms with E-state index in [1.165, 1.54) is 0 Å². The van der Waals surface area contributed by atoms with Crippen LogP contribution in [0.1, 0.15) is 19.8 Å². The summed E-state index contributed by atoms with van der Waals surface area (Å²) in [5.41, 5.74) is 0. The lowest BCUT2D eigenvalue weighted by Crippen LogP contribution is -2.22. The molecule has 10 heteroatoms. The Hall–Kier alpha value is 0.370. The highest BCUT2D eigenvalue weighted by Crippen LogP contribution is 2.78. The molecular weight excluding hydrogens is 253 g/mol.